The quantitative estimate of drug-likeness (QED) is 0.875. The van der Waals surface area contributed by atoms with Crippen LogP contribution in [0.4, 0.5) is 4.79 Å². The smallest absolute Gasteiger partial charge is 0.315 e. The third-order valence-electron chi connectivity index (χ3n) is 4.06. The topological polar surface area (TPSA) is 50.4 Å². The minimum Gasteiger partial charge on any atom is -0.496 e. The number of rotatable bonds is 5. The van der Waals surface area contributed by atoms with Gasteiger partial charge in [-0.3, -0.25) is 0 Å². The fourth-order valence-electron chi connectivity index (χ4n) is 2.90. The average molecular weight is 290 g/mol. The van der Waals surface area contributed by atoms with Crippen LogP contribution in [0.2, 0.25) is 0 Å². The van der Waals surface area contributed by atoms with Crippen molar-refractivity contribution in [2.24, 2.45) is 0 Å². The first kappa shape index (κ1) is 15.7. The monoisotopic (exact) mass is 290 g/mol. The van der Waals surface area contributed by atoms with Crippen molar-refractivity contribution < 1.29 is 9.53 Å². The molecule has 2 N–H and O–H groups in total. The Morgan fingerprint density at radius 1 is 1.29 bits per heavy atom. The molecule has 0 bridgehead atoms. The van der Waals surface area contributed by atoms with Crippen molar-refractivity contribution in [3.05, 3.63) is 29.3 Å². The van der Waals surface area contributed by atoms with Crippen LogP contribution < -0.4 is 15.4 Å². The molecule has 0 aliphatic heterocycles. The van der Waals surface area contributed by atoms with Crippen molar-refractivity contribution in [1.82, 2.24) is 10.6 Å². The second-order valence-electron chi connectivity index (χ2n) is 5.80. The first-order valence-electron chi connectivity index (χ1n) is 7.87. The zero-order valence-corrected chi connectivity index (χ0v) is 13.1. The van der Waals surface area contributed by atoms with Gasteiger partial charge in [0.05, 0.1) is 7.11 Å². The van der Waals surface area contributed by atoms with E-state index < -0.39 is 0 Å². The zero-order chi connectivity index (χ0) is 15.1. The van der Waals surface area contributed by atoms with E-state index in [2.05, 4.69) is 23.6 Å². The second-order valence-corrected chi connectivity index (χ2v) is 5.80. The predicted molar refractivity (Wildman–Crippen MR) is 84.8 cm³/mol. The van der Waals surface area contributed by atoms with Crippen LogP contribution in [-0.2, 0) is 6.42 Å². The molecule has 0 aromatic heterocycles. The largest absolute Gasteiger partial charge is 0.496 e. The molecule has 4 heteroatoms. The van der Waals surface area contributed by atoms with Crippen molar-refractivity contribution in [1.29, 1.82) is 0 Å². The number of hydrogen-bond donors (Lipinski definition) is 2. The van der Waals surface area contributed by atoms with E-state index in [4.69, 9.17) is 4.74 Å². The minimum absolute atomic E-state index is 0.0477. The van der Waals surface area contributed by atoms with Crippen molar-refractivity contribution >= 4 is 6.03 Å². The summed E-state index contributed by atoms with van der Waals surface area (Å²) < 4.78 is 5.35. The van der Waals surface area contributed by atoms with E-state index in [1.54, 1.807) is 7.11 Å². The molecular formula is C17H26N2O2. The highest BCUT2D eigenvalue weighted by Gasteiger charge is 2.15. The van der Waals surface area contributed by atoms with Gasteiger partial charge in [-0.05, 0) is 37.8 Å². The molecule has 116 valence electrons. The highest BCUT2D eigenvalue weighted by atomic mass is 16.5. The Morgan fingerprint density at radius 2 is 2.05 bits per heavy atom. The molecule has 0 atom stereocenters. The van der Waals surface area contributed by atoms with E-state index in [0.29, 0.717) is 12.6 Å². The van der Waals surface area contributed by atoms with E-state index in [9.17, 15) is 4.79 Å². The molecule has 2 rings (SSSR count). The molecule has 0 radical (unpaired) electrons. The van der Waals surface area contributed by atoms with Gasteiger partial charge >= 0.3 is 6.03 Å². The Morgan fingerprint density at radius 3 is 2.76 bits per heavy atom. The molecule has 1 aliphatic carbocycles. The number of aryl methyl sites for hydroxylation is 1. The molecule has 1 aromatic carbocycles. The van der Waals surface area contributed by atoms with Crippen LogP contribution in [0, 0.1) is 6.92 Å². The van der Waals surface area contributed by atoms with E-state index in [1.807, 2.05) is 12.1 Å². The van der Waals surface area contributed by atoms with E-state index in [-0.39, 0.29) is 6.03 Å². The summed E-state index contributed by atoms with van der Waals surface area (Å²) in [6, 6.07) is 6.43. The van der Waals surface area contributed by atoms with Crippen LogP contribution in [0.5, 0.6) is 5.75 Å². The highest BCUT2D eigenvalue weighted by Crippen LogP contribution is 2.20. The van der Waals surface area contributed by atoms with Gasteiger partial charge in [-0.1, -0.05) is 37.0 Å². The molecule has 0 unspecified atom stereocenters. The summed E-state index contributed by atoms with van der Waals surface area (Å²) in [7, 11) is 1.68. The number of urea groups is 1. The number of methoxy groups -OCH3 is 1. The maximum Gasteiger partial charge on any atom is 0.315 e. The lowest BCUT2D eigenvalue weighted by molar-refractivity contribution is 0.233. The van der Waals surface area contributed by atoms with Crippen LogP contribution in [0.3, 0.4) is 0 Å². The van der Waals surface area contributed by atoms with Gasteiger partial charge < -0.3 is 15.4 Å². The molecule has 1 aliphatic rings. The van der Waals surface area contributed by atoms with E-state index in [0.717, 1.165) is 30.6 Å². The number of hydrogen-bond acceptors (Lipinski definition) is 2. The fourth-order valence-corrected chi connectivity index (χ4v) is 2.90. The van der Waals surface area contributed by atoms with Gasteiger partial charge in [-0.15, -0.1) is 0 Å². The Hall–Kier alpha value is -1.71. The third kappa shape index (κ3) is 4.96. The Kier molecular flexibility index (Phi) is 5.90. The summed E-state index contributed by atoms with van der Waals surface area (Å²) in [5, 5.41) is 6.01. The van der Waals surface area contributed by atoms with Crippen LogP contribution in [0.1, 0.15) is 43.2 Å². The minimum atomic E-state index is -0.0477. The van der Waals surface area contributed by atoms with Crippen LogP contribution >= 0.6 is 0 Å². The molecular weight excluding hydrogens is 264 g/mol. The van der Waals surface area contributed by atoms with Crippen molar-refractivity contribution in [2.45, 2.75) is 51.5 Å². The lowest BCUT2D eigenvalue weighted by atomic mass is 9.96. The van der Waals surface area contributed by atoms with Crippen molar-refractivity contribution in [3.8, 4) is 5.75 Å². The molecule has 0 spiro atoms. The fraction of sp³-hybridized carbons (Fsp3) is 0.588. The van der Waals surface area contributed by atoms with Gasteiger partial charge in [-0.2, -0.15) is 0 Å². The Labute approximate surface area is 127 Å². The van der Waals surface area contributed by atoms with Crippen LogP contribution in [-0.4, -0.2) is 25.7 Å². The average Bonchev–Trinajstić information content (AvgIpc) is 2.48. The summed E-state index contributed by atoms with van der Waals surface area (Å²) in [4.78, 5) is 11.9. The van der Waals surface area contributed by atoms with Gasteiger partial charge in [0, 0.05) is 12.6 Å². The number of benzene rings is 1. The number of carbonyl (C=O) groups is 1. The summed E-state index contributed by atoms with van der Waals surface area (Å²) in [5.74, 6) is 0.884. The van der Waals surface area contributed by atoms with Crippen LogP contribution in [0.25, 0.3) is 0 Å². The SMILES string of the molecule is COc1ccc(C)cc1CCNC(=O)NC1CCCCC1. The molecule has 0 heterocycles. The first-order chi connectivity index (χ1) is 10.2. The normalized spacial score (nSPS) is 15.5. The Balaban J connectivity index is 1.75. The highest BCUT2D eigenvalue weighted by molar-refractivity contribution is 5.74. The van der Waals surface area contributed by atoms with E-state index in [1.165, 1.54) is 24.8 Å². The summed E-state index contributed by atoms with van der Waals surface area (Å²) in [6.07, 6.45) is 6.75. The third-order valence-corrected chi connectivity index (χ3v) is 4.06. The number of amides is 2. The van der Waals surface area contributed by atoms with E-state index >= 15 is 0 Å². The van der Waals surface area contributed by atoms with Gasteiger partial charge in [0.25, 0.3) is 0 Å². The van der Waals surface area contributed by atoms with Gasteiger partial charge in [0.2, 0.25) is 0 Å². The molecule has 1 saturated carbocycles. The lowest BCUT2D eigenvalue weighted by Gasteiger charge is -2.22. The Bertz CT molecular complexity index is 468. The molecule has 0 saturated heterocycles. The predicted octanol–water partition coefficient (Wildman–Crippen LogP) is 3.18. The molecule has 4 nitrogen and oxygen atoms in total. The summed E-state index contributed by atoms with van der Waals surface area (Å²) in [5.41, 5.74) is 2.34. The number of nitrogens with one attached hydrogen (secondary N) is 2. The number of carbonyl (C=O) groups excluding carboxylic acids is 1. The first-order valence-corrected chi connectivity index (χ1v) is 7.87. The lowest BCUT2D eigenvalue weighted by Crippen LogP contribution is -2.43. The summed E-state index contributed by atoms with van der Waals surface area (Å²) in [6.45, 7) is 2.69. The van der Waals surface area contributed by atoms with Crippen molar-refractivity contribution in [3.63, 3.8) is 0 Å². The molecule has 1 aromatic rings. The standard InChI is InChI=1S/C17H26N2O2/c1-13-8-9-16(21-2)14(12-13)10-11-18-17(20)19-15-6-4-3-5-7-15/h8-9,12,15H,3-7,10-11H2,1-2H3,(H2,18,19,20). The van der Waals surface area contributed by atoms with Crippen LogP contribution in [0.15, 0.2) is 18.2 Å². The maximum atomic E-state index is 11.9. The second kappa shape index (κ2) is 7.91. The summed E-state index contributed by atoms with van der Waals surface area (Å²) >= 11 is 0. The van der Waals surface area contributed by atoms with Gasteiger partial charge in [0.15, 0.2) is 0 Å². The molecule has 21 heavy (non-hydrogen) atoms. The zero-order valence-electron chi connectivity index (χ0n) is 13.1. The molecule has 2 amide bonds. The van der Waals surface area contributed by atoms with Crippen molar-refractivity contribution in [2.75, 3.05) is 13.7 Å². The maximum absolute atomic E-state index is 11.9. The van der Waals surface area contributed by atoms with Gasteiger partial charge in [0.1, 0.15) is 5.75 Å². The van der Waals surface area contributed by atoms with Gasteiger partial charge in [-0.25, -0.2) is 4.79 Å². The molecule has 1 fully saturated rings. The number of ether oxygens (including phenoxy) is 1.